The minimum absolute atomic E-state index is 0.0306. The lowest BCUT2D eigenvalue weighted by Gasteiger charge is -2.09. The minimum atomic E-state index is -3.76. The van der Waals surface area contributed by atoms with Crippen LogP contribution in [-0.4, -0.2) is 14.3 Å². The summed E-state index contributed by atoms with van der Waals surface area (Å²) in [6.45, 7) is 5.21. The van der Waals surface area contributed by atoms with Crippen LogP contribution >= 0.6 is 0 Å². The zero-order valence-electron chi connectivity index (χ0n) is 9.43. The maximum Gasteiger partial charge on any atom is 0.238 e. The molecule has 1 rings (SSSR count). The Balaban J connectivity index is 3.07. The second kappa shape index (κ2) is 5.11. The third-order valence-corrected chi connectivity index (χ3v) is 3.05. The maximum absolute atomic E-state index is 11.4. The monoisotopic (exact) mass is 254 g/mol. The van der Waals surface area contributed by atoms with Crippen molar-refractivity contribution >= 4 is 21.6 Å². The molecule has 0 bridgehead atoms. The zero-order chi connectivity index (χ0) is 13.1. The van der Waals surface area contributed by atoms with E-state index in [0.29, 0.717) is 5.69 Å². The standard InChI is InChI=1S/C11H14N2O3S/c1-3-4-11(14)13-10-7-9(17(12,15)16)6-5-8(10)2/h3,5-7H,1,4H2,2H3,(H,13,14)(H2,12,15,16). The predicted molar refractivity (Wildman–Crippen MR) is 66.0 cm³/mol. The first-order chi connectivity index (χ1) is 7.84. The molecule has 0 spiro atoms. The molecule has 3 N–H and O–H groups in total. The van der Waals surface area contributed by atoms with Gasteiger partial charge in [-0.05, 0) is 24.6 Å². The Bertz CT molecular complexity index is 550. The molecule has 1 aromatic rings. The van der Waals surface area contributed by atoms with Gasteiger partial charge in [0.15, 0.2) is 0 Å². The smallest absolute Gasteiger partial charge is 0.238 e. The summed E-state index contributed by atoms with van der Waals surface area (Å²) in [6.07, 6.45) is 1.63. The summed E-state index contributed by atoms with van der Waals surface area (Å²) in [5.74, 6) is -0.255. The fourth-order valence-corrected chi connectivity index (χ4v) is 1.78. The van der Waals surface area contributed by atoms with Gasteiger partial charge in [-0.3, -0.25) is 4.79 Å². The highest BCUT2D eigenvalue weighted by Gasteiger charge is 2.11. The van der Waals surface area contributed by atoms with Crippen LogP contribution in [0.1, 0.15) is 12.0 Å². The van der Waals surface area contributed by atoms with Crippen LogP contribution in [0.3, 0.4) is 0 Å². The number of primary sulfonamides is 1. The largest absolute Gasteiger partial charge is 0.326 e. The van der Waals surface area contributed by atoms with Crippen molar-refractivity contribution in [2.24, 2.45) is 5.14 Å². The number of hydrogen-bond acceptors (Lipinski definition) is 3. The molecule has 1 aromatic carbocycles. The molecule has 0 aliphatic rings. The Hall–Kier alpha value is -1.66. The Morgan fingerprint density at radius 3 is 2.71 bits per heavy atom. The second-order valence-corrected chi connectivity index (χ2v) is 5.12. The molecule has 0 unspecified atom stereocenters. The van der Waals surface area contributed by atoms with E-state index in [1.54, 1.807) is 13.0 Å². The molecule has 17 heavy (non-hydrogen) atoms. The van der Waals surface area contributed by atoms with Gasteiger partial charge in [0.1, 0.15) is 0 Å². The van der Waals surface area contributed by atoms with E-state index in [4.69, 9.17) is 5.14 Å². The van der Waals surface area contributed by atoms with E-state index in [2.05, 4.69) is 11.9 Å². The number of aryl methyl sites for hydroxylation is 1. The number of hydrogen-bond donors (Lipinski definition) is 2. The number of benzene rings is 1. The number of nitrogens with one attached hydrogen (secondary N) is 1. The van der Waals surface area contributed by atoms with Gasteiger partial charge >= 0.3 is 0 Å². The first-order valence-corrected chi connectivity index (χ1v) is 6.43. The summed E-state index contributed by atoms with van der Waals surface area (Å²) < 4.78 is 22.3. The van der Waals surface area contributed by atoms with Crippen LogP contribution in [0.5, 0.6) is 0 Å². The van der Waals surface area contributed by atoms with Crippen molar-refractivity contribution in [3.63, 3.8) is 0 Å². The molecule has 0 saturated carbocycles. The Labute approximate surface area is 100 Å². The summed E-state index contributed by atoms with van der Waals surface area (Å²) >= 11 is 0. The van der Waals surface area contributed by atoms with Gasteiger partial charge in [0, 0.05) is 12.1 Å². The SMILES string of the molecule is C=CCC(=O)Nc1cc(S(N)(=O)=O)ccc1C. The lowest BCUT2D eigenvalue weighted by molar-refractivity contribution is -0.115. The number of amides is 1. The van der Waals surface area contributed by atoms with E-state index in [9.17, 15) is 13.2 Å². The molecule has 0 saturated heterocycles. The van der Waals surface area contributed by atoms with Crippen LogP contribution in [0, 0.1) is 6.92 Å². The van der Waals surface area contributed by atoms with Crippen LogP contribution in [0.4, 0.5) is 5.69 Å². The third kappa shape index (κ3) is 3.69. The third-order valence-electron chi connectivity index (χ3n) is 2.14. The van der Waals surface area contributed by atoms with E-state index >= 15 is 0 Å². The van der Waals surface area contributed by atoms with Gasteiger partial charge in [0.2, 0.25) is 15.9 Å². The van der Waals surface area contributed by atoms with E-state index in [1.807, 2.05) is 0 Å². The Kier molecular flexibility index (Phi) is 4.03. The number of rotatable bonds is 4. The van der Waals surface area contributed by atoms with Crippen LogP contribution in [0.15, 0.2) is 35.7 Å². The molecule has 92 valence electrons. The molecular weight excluding hydrogens is 240 g/mol. The van der Waals surface area contributed by atoms with Gasteiger partial charge in [-0.15, -0.1) is 6.58 Å². The molecule has 0 heterocycles. The predicted octanol–water partition coefficient (Wildman–Crippen LogP) is 1.16. The van der Waals surface area contributed by atoms with E-state index in [1.165, 1.54) is 18.2 Å². The number of nitrogens with two attached hydrogens (primary N) is 1. The first-order valence-electron chi connectivity index (χ1n) is 4.89. The topological polar surface area (TPSA) is 89.3 Å². The molecule has 0 aliphatic heterocycles. The molecule has 0 aromatic heterocycles. The van der Waals surface area contributed by atoms with Gasteiger partial charge in [-0.1, -0.05) is 12.1 Å². The molecule has 1 amide bonds. The fraction of sp³-hybridized carbons (Fsp3) is 0.182. The number of carbonyl (C=O) groups is 1. The number of anilines is 1. The highest BCUT2D eigenvalue weighted by molar-refractivity contribution is 7.89. The number of sulfonamides is 1. The normalized spacial score (nSPS) is 10.9. The van der Waals surface area contributed by atoms with Crippen LogP contribution in [0.2, 0.25) is 0 Å². The van der Waals surface area contributed by atoms with E-state index in [0.717, 1.165) is 5.56 Å². The average molecular weight is 254 g/mol. The highest BCUT2D eigenvalue weighted by atomic mass is 32.2. The van der Waals surface area contributed by atoms with Crippen molar-refractivity contribution in [1.29, 1.82) is 0 Å². The van der Waals surface area contributed by atoms with Crippen molar-refractivity contribution in [2.45, 2.75) is 18.2 Å². The van der Waals surface area contributed by atoms with Crippen LogP contribution in [0.25, 0.3) is 0 Å². The Morgan fingerprint density at radius 1 is 1.53 bits per heavy atom. The quantitative estimate of drug-likeness (QED) is 0.790. The number of carbonyl (C=O) groups excluding carboxylic acids is 1. The van der Waals surface area contributed by atoms with Crippen molar-refractivity contribution < 1.29 is 13.2 Å². The van der Waals surface area contributed by atoms with Crippen LogP contribution in [-0.2, 0) is 14.8 Å². The van der Waals surface area contributed by atoms with Crippen molar-refractivity contribution in [3.8, 4) is 0 Å². The molecule has 5 nitrogen and oxygen atoms in total. The maximum atomic E-state index is 11.4. The van der Waals surface area contributed by atoms with Gasteiger partial charge in [0.25, 0.3) is 0 Å². The summed E-state index contributed by atoms with van der Waals surface area (Å²) in [5.41, 5.74) is 1.19. The van der Waals surface area contributed by atoms with Crippen molar-refractivity contribution in [2.75, 3.05) is 5.32 Å². The molecule has 0 aliphatic carbocycles. The van der Waals surface area contributed by atoms with Gasteiger partial charge in [-0.2, -0.15) is 0 Å². The lowest BCUT2D eigenvalue weighted by atomic mass is 10.2. The van der Waals surface area contributed by atoms with Gasteiger partial charge in [0.05, 0.1) is 4.90 Å². The molecule has 6 heteroatoms. The van der Waals surface area contributed by atoms with Crippen LogP contribution < -0.4 is 10.5 Å². The first kappa shape index (κ1) is 13.4. The Morgan fingerprint density at radius 2 is 2.18 bits per heavy atom. The average Bonchev–Trinajstić information content (AvgIpc) is 2.20. The van der Waals surface area contributed by atoms with Crippen molar-refractivity contribution in [1.82, 2.24) is 0 Å². The summed E-state index contributed by atoms with van der Waals surface area (Å²) in [7, 11) is -3.76. The summed E-state index contributed by atoms with van der Waals surface area (Å²) in [6, 6.07) is 4.32. The molecular formula is C11H14N2O3S. The highest BCUT2D eigenvalue weighted by Crippen LogP contribution is 2.19. The van der Waals surface area contributed by atoms with Gasteiger partial charge in [-0.25, -0.2) is 13.6 Å². The summed E-state index contributed by atoms with van der Waals surface area (Å²) in [4.78, 5) is 11.3. The van der Waals surface area contributed by atoms with E-state index in [-0.39, 0.29) is 17.2 Å². The van der Waals surface area contributed by atoms with Crippen molar-refractivity contribution in [3.05, 3.63) is 36.4 Å². The van der Waals surface area contributed by atoms with E-state index < -0.39 is 10.0 Å². The molecule has 0 atom stereocenters. The molecule has 0 fully saturated rings. The summed E-state index contributed by atoms with van der Waals surface area (Å²) in [5, 5.41) is 7.60. The molecule has 0 radical (unpaired) electrons. The zero-order valence-corrected chi connectivity index (χ0v) is 10.3. The lowest BCUT2D eigenvalue weighted by Crippen LogP contribution is -2.15. The fourth-order valence-electron chi connectivity index (χ4n) is 1.25. The van der Waals surface area contributed by atoms with Gasteiger partial charge < -0.3 is 5.32 Å². The second-order valence-electron chi connectivity index (χ2n) is 3.56. The minimum Gasteiger partial charge on any atom is -0.326 e.